The summed E-state index contributed by atoms with van der Waals surface area (Å²) in [5.41, 5.74) is 0.771. The molecule has 1 amide bonds. The minimum atomic E-state index is -4.39. The fraction of sp³-hybridized carbons (Fsp3) is 0.652. The zero-order valence-corrected chi connectivity index (χ0v) is 19.6. The molecule has 1 unspecified atom stereocenters. The fourth-order valence-corrected chi connectivity index (χ4v) is 2.86. The van der Waals surface area contributed by atoms with Crippen LogP contribution in [0.1, 0.15) is 38.7 Å². The van der Waals surface area contributed by atoms with Crippen LogP contribution in [0.15, 0.2) is 24.3 Å². The highest BCUT2D eigenvalue weighted by atomic mass is 19.4. The Morgan fingerprint density at radius 3 is 2.32 bits per heavy atom. The molecule has 0 radical (unpaired) electrons. The number of benzene rings is 1. The highest BCUT2D eigenvalue weighted by Gasteiger charge is 2.27. The molecule has 1 rings (SSSR count). The number of rotatable bonds is 17. The van der Waals surface area contributed by atoms with Crippen molar-refractivity contribution in [3.8, 4) is 5.75 Å². The number of hydrogen-bond acceptors (Lipinski definition) is 6. The van der Waals surface area contributed by atoms with Crippen molar-refractivity contribution in [2.24, 2.45) is 0 Å². The van der Waals surface area contributed by atoms with Gasteiger partial charge in [0.1, 0.15) is 19.0 Å². The van der Waals surface area contributed by atoms with Crippen LogP contribution in [0.3, 0.4) is 0 Å². The van der Waals surface area contributed by atoms with Crippen LogP contribution in [0.4, 0.5) is 18.0 Å². The summed E-state index contributed by atoms with van der Waals surface area (Å²) in [6.07, 6.45) is -3.86. The van der Waals surface area contributed by atoms with Gasteiger partial charge in [-0.1, -0.05) is 25.5 Å². The number of carboxylic acid groups (broad SMARTS) is 1. The molecule has 0 aliphatic carbocycles. The molecule has 0 fully saturated rings. The first-order valence-corrected chi connectivity index (χ1v) is 11.3. The van der Waals surface area contributed by atoms with E-state index in [1.165, 1.54) is 4.90 Å². The van der Waals surface area contributed by atoms with Gasteiger partial charge in [-0.2, -0.15) is 13.2 Å². The average Bonchev–Trinajstić information content (AvgIpc) is 2.77. The van der Waals surface area contributed by atoms with E-state index in [9.17, 15) is 27.9 Å². The maximum Gasteiger partial charge on any atom is 0.411 e. The summed E-state index contributed by atoms with van der Waals surface area (Å²) in [6, 6.07) is 6.85. The van der Waals surface area contributed by atoms with E-state index in [2.05, 4.69) is 4.74 Å². The number of ether oxygens (including phenoxy) is 4. The van der Waals surface area contributed by atoms with Gasteiger partial charge in [0, 0.05) is 26.2 Å². The predicted molar refractivity (Wildman–Crippen MR) is 118 cm³/mol. The van der Waals surface area contributed by atoms with E-state index < -0.39 is 30.9 Å². The van der Waals surface area contributed by atoms with Crippen molar-refractivity contribution >= 4 is 12.1 Å². The van der Waals surface area contributed by atoms with Crippen LogP contribution in [-0.4, -0.2) is 80.5 Å². The predicted octanol–water partition coefficient (Wildman–Crippen LogP) is 4.31. The van der Waals surface area contributed by atoms with E-state index in [0.29, 0.717) is 18.8 Å². The number of carboxylic acids is 1. The van der Waals surface area contributed by atoms with Crippen LogP contribution < -0.4 is 4.74 Å². The van der Waals surface area contributed by atoms with Gasteiger partial charge in [0.05, 0.1) is 13.2 Å². The molecule has 0 aliphatic heterocycles. The van der Waals surface area contributed by atoms with Gasteiger partial charge >= 0.3 is 18.2 Å². The highest BCUT2D eigenvalue weighted by molar-refractivity contribution is 5.72. The van der Waals surface area contributed by atoms with Gasteiger partial charge in [0.15, 0.2) is 6.10 Å². The Hall–Kier alpha value is -2.53. The number of carbonyl (C=O) groups excluding carboxylic acids is 1. The van der Waals surface area contributed by atoms with Gasteiger partial charge in [-0.05, 0) is 37.5 Å². The summed E-state index contributed by atoms with van der Waals surface area (Å²) in [7, 11) is 0. The van der Waals surface area contributed by atoms with Gasteiger partial charge in [-0.15, -0.1) is 0 Å². The van der Waals surface area contributed by atoms with Gasteiger partial charge in [-0.3, -0.25) is 0 Å². The SMILES string of the molecule is CCCCOC(=O)N(CCCOCC(F)(F)F)CCOc1ccc(CC(OCC)C(=O)O)cc1. The fourth-order valence-electron chi connectivity index (χ4n) is 2.86. The third-order valence-corrected chi connectivity index (χ3v) is 4.58. The van der Waals surface area contributed by atoms with Crippen LogP contribution in [0, 0.1) is 0 Å². The molecule has 1 aromatic rings. The van der Waals surface area contributed by atoms with Crippen LogP contribution in [-0.2, 0) is 25.4 Å². The van der Waals surface area contributed by atoms with Gasteiger partial charge in [0.2, 0.25) is 0 Å². The first-order valence-electron chi connectivity index (χ1n) is 11.3. The Morgan fingerprint density at radius 1 is 1.03 bits per heavy atom. The number of halogens is 3. The molecule has 0 bridgehead atoms. The topological polar surface area (TPSA) is 94.5 Å². The molecule has 1 N–H and O–H groups in total. The highest BCUT2D eigenvalue weighted by Crippen LogP contribution is 2.16. The second-order valence-corrected chi connectivity index (χ2v) is 7.46. The number of aliphatic carboxylic acids is 1. The second kappa shape index (κ2) is 16.2. The van der Waals surface area contributed by atoms with E-state index in [-0.39, 0.29) is 45.8 Å². The van der Waals surface area contributed by atoms with E-state index in [4.69, 9.17) is 14.2 Å². The van der Waals surface area contributed by atoms with Crippen LogP contribution in [0.5, 0.6) is 5.75 Å². The van der Waals surface area contributed by atoms with E-state index in [1.807, 2.05) is 6.92 Å². The zero-order valence-electron chi connectivity index (χ0n) is 19.6. The van der Waals surface area contributed by atoms with Gasteiger partial charge in [-0.25, -0.2) is 9.59 Å². The molecule has 0 saturated heterocycles. The minimum absolute atomic E-state index is 0.139. The number of unbranched alkanes of at least 4 members (excludes halogenated alkanes) is 1. The van der Waals surface area contributed by atoms with Crippen LogP contribution >= 0.6 is 0 Å². The smallest absolute Gasteiger partial charge is 0.411 e. The molecule has 1 atom stereocenters. The summed E-state index contributed by atoms with van der Waals surface area (Å²) in [5, 5.41) is 9.18. The summed E-state index contributed by atoms with van der Waals surface area (Å²) >= 11 is 0. The Labute approximate surface area is 197 Å². The lowest BCUT2D eigenvalue weighted by molar-refractivity contribution is -0.174. The number of carbonyl (C=O) groups is 2. The van der Waals surface area contributed by atoms with E-state index >= 15 is 0 Å². The Balaban J connectivity index is 2.53. The molecule has 0 spiro atoms. The van der Waals surface area contributed by atoms with Gasteiger partial charge < -0.3 is 29.0 Å². The molecule has 0 saturated carbocycles. The van der Waals surface area contributed by atoms with Crippen LogP contribution in [0.2, 0.25) is 0 Å². The third-order valence-electron chi connectivity index (χ3n) is 4.58. The van der Waals surface area contributed by atoms with E-state index in [1.54, 1.807) is 31.2 Å². The Bertz CT molecular complexity index is 714. The number of alkyl halides is 3. The van der Waals surface area contributed by atoms with Crippen molar-refractivity contribution in [1.29, 1.82) is 0 Å². The minimum Gasteiger partial charge on any atom is -0.492 e. The third kappa shape index (κ3) is 13.2. The molecular formula is C23H34F3NO7. The van der Waals surface area contributed by atoms with E-state index in [0.717, 1.165) is 12.0 Å². The lowest BCUT2D eigenvalue weighted by atomic mass is 10.1. The van der Waals surface area contributed by atoms with Gasteiger partial charge in [0.25, 0.3) is 0 Å². The molecular weight excluding hydrogens is 459 g/mol. The Morgan fingerprint density at radius 2 is 1.74 bits per heavy atom. The standard InChI is InChI=1S/C23H34F3NO7/c1-3-5-14-34-22(30)27(11-6-13-31-17-23(24,25)26)12-15-33-19-9-7-18(8-10-19)16-20(21(28)29)32-4-2/h7-10,20H,3-6,11-17H2,1-2H3,(H,28,29). The summed E-state index contributed by atoms with van der Waals surface area (Å²) in [6.45, 7) is 3.26. The largest absolute Gasteiger partial charge is 0.492 e. The summed E-state index contributed by atoms with van der Waals surface area (Å²) in [4.78, 5) is 24.9. The van der Waals surface area contributed by atoms with Crippen molar-refractivity contribution in [2.75, 3.05) is 46.1 Å². The lowest BCUT2D eigenvalue weighted by Crippen LogP contribution is -2.36. The monoisotopic (exact) mass is 493 g/mol. The van der Waals surface area contributed by atoms with Crippen molar-refractivity contribution in [3.63, 3.8) is 0 Å². The zero-order chi connectivity index (χ0) is 25.4. The van der Waals surface area contributed by atoms with Crippen molar-refractivity contribution in [2.45, 2.75) is 51.8 Å². The van der Waals surface area contributed by atoms with Crippen molar-refractivity contribution in [1.82, 2.24) is 4.90 Å². The first-order chi connectivity index (χ1) is 16.2. The molecule has 34 heavy (non-hydrogen) atoms. The molecule has 0 heterocycles. The first kappa shape index (κ1) is 29.5. The number of hydrogen-bond donors (Lipinski definition) is 1. The van der Waals surface area contributed by atoms with Crippen molar-refractivity contribution < 1.29 is 46.8 Å². The normalized spacial score (nSPS) is 12.3. The maximum atomic E-state index is 12.3. The molecule has 0 aliphatic rings. The Kier molecular flexibility index (Phi) is 14.0. The molecule has 0 aromatic heterocycles. The molecule has 194 valence electrons. The lowest BCUT2D eigenvalue weighted by Gasteiger charge is -2.22. The molecule has 8 nitrogen and oxygen atoms in total. The number of amides is 1. The summed E-state index contributed by atoms with van der Waals surface area (Å²) in [5.74, 6) is -0.503. The maximum absolute atomic E-state index is 12.3. The molecule has 1 aromatic carbocycles. The second-order valence-electron chi connectivity index (χ2n) is 7.46. The quantitative estimate of drug-likeness (QED) is 0.323. The number of nitrogens with zero attached hydrogens (tertiary/aromatic N) is 1. The van der Waals surface area contributed by atoms with Crippen LogP contribution in [0.25, 0.3) is 0 Å². The molecule has 11 heteroatoms. The van der Waals surface area contributed by atoms with Crippen molar-refractivity contribution in [3.05, 3.63) is 29.8 Å². The average molecular weight is 494 g/mol. The summed E-state index contributed by atoms with van der Waals surface area (Å²) < 4.78 is 57.2.